The smallest absolute Gasteiger partial charge is 0.255 e. The maximum absolute atomic E-state index is 12.8. The molecule has 0 aliphatic heterocycles. The first-order chi connectivity index (χ1) is 19.9. The van der Waals surface area contributed by atoms with Crippen LogP contribution in [0.2, 0.25) is 0 Å². The van der Waals surface area contributed by atoms with Crippen LogP contribution in [0.25, 0.3) is 10.9 Å². The van der Waals surface area contributed by atoms with E-state index in [0.29, 0.717) is 34.4 Å². The molecule has 2 aromatic heterocycles. The highest BCUT2D eigenvalue weighted by Gasteiger charge is 2.22. The molecule has 3 aromatic carbocycles. The van der Waals surface area contributed by atoms with Crippen molar-refractivity contribution in [3.63, 3.8) is 0 Å². The fourth-order valence-electron chi connectivity index (χ4n) is 4.16. The van der Waals surface area contributed by atoms with Gasteiger partial charge in [-0.1, -0.05) is 12.1 Å². The summed E-state index contributed by atoms with van der Waals surface area (Å²) in [5.74, 6) is 0.625. The van der Waals surface area contributed by atoms with Crippen molar-refractivity contribution in [2.75, 3.05) is 16.0 Å². The third-order valence-electron chi connectivity index (χ3n) is 6.08. The number of fused-ring (bicyclic) bond motifs is 1. The van der Waals surface area contributed by atoms with E-state index in [1.54, 1.807) is 81.7 Å². The van der Waals surface area contributed by atoms with Crippen molar-refractivity contribution in [1.29, 1.82) is 0 Å². The average Bonchev–Trinajstić information content (AvgIpc) is 2.94. The van der Waals surface area contributed by atoms with Gasteiger partial charge in [-0.3, -0.25) is 9.78 Å². The van der Waals surface area contributed by atoms with Crippen LogP contribution in [0.3, 0.4) is 0 Å². The Morgan fingerprint density at radius 1 is 0.810 bits per heavy atom. The number of aromatic nitrogens is 3. The van der Waals surface area contributed by atoms with Crippen molar-refractivity contribution in [1.82, 2.24) is 19.7 Å². The molecule has 5 rings (SSSR count). The van der Waals surface area contributed by atoms with E-state index >= 15 is 0 Å². The van der Waals surface area contributed by atoms with Gasteiger partial charge in [0.1, 0.15) is 5.82 Å². The molecule has 0 bridgehead atoms. The summed E-state index contributed by atoms with van der Waals surface area (Å²) in [6.07, 6.45) is 3.40. The molecule has 0 aliphatic rings. The topological polar surface area (TPSA) is 138 Å². The van der Waals surface area contributed by atoms with Gasteiger partial charge in [0, 0.05) is 51.5 Å². The predicted octanol–water partition coefficient (Wildman–Crippen LogP) is 6.15. The number of hydrogen-bond acceptors (Lipinski definition) is 8. The second-order valence-electron chi connectivity index (χ2n) is 10.8. The van der Waals surface area contributed by atoms with Crippen LogP contribution < -0.4 is 20.7 Å². The van der Waals surface area contributed by atoms with Crippen molar-refractivity contribution in [3.8, 4) is 0 Å². The molecule has 0 fully saturated rings. The van der Waals surface area contributed by atoms with Crippen LogP contribution in [0.15, 0.2) is 96.2 Å². The lowest BCUT2D eigenvalue weighted by atomic mass is 10.1. The standard InChI is InChI=1S/C31H31N7O3S/c1-20-19-33-30(37-28(20)34-24-8-5-9-26(18-24)42(40,41)38-31(2,3)4)36-23-12-10-21(11-13-23)29(39)35-25-14-15-27-22(17-25)7-6-16-32-27/h5-19,38H,1-4H3,(H,35,39)(H2,33,34,36,37). The predicted molar refractivity (Wildman–Crippen MR) is 166 cm³/mol. The zero-order valence-corrected chi connectivity index (χ0v) is 24.5. The van der Waals surface area contributed by atoms with Gasteiger partial charge < -0.3 is 16.0 Å². The first-order valence-electron chi connectivity index (χ1n) is 13.2. The minimum atomic E-state index is -3.69. The number of pyridine rings is 1. The van der Waals surface area contributed by atoms with Gasteiger partial charge in [-0.25, -0.2) is 18.1 Å². The van der Waals surface area contributed by atoms with Crippen molar-refractivity contribution < 1.29 is 13.2 Å². The highest BCUT2D eigenvalue weighted by molar-refractivity contribution is 7.89. The van der Waals surface area contributed by atoms with E-state index in [9.17, 15) is 13.2 Å². The Hall–Kier alpha value is -4.87. The van der Waals surface area contributed by atoms with Crippen molar-refractivity contribution in [2.45, 2.75) is 38.1 Å². The molecule has 0 aliphatic carbocycles. The van der Waals surface area contributed by atoms with Crippen molar-refractivity contribution in [2.24, 2.45) is 0 Å². The average molecular weight is 582 g/mol. The minimum absolute atomic E-state index is 0.147. The maximum atomic E-state index is 12.8. The highest BCUT2D eigenvalue weighted by atomic mass is 32.2. The lowest BCUT2D eigenvalue weighted by molar-refractivity contribution is 0.102. The number of benzene rings is 3. The van der Waals surface area contributed by atoms with Crippen LogP contribution >= 0.6 is 0 Å². The molecule has 42 heavy (non-hydrogen) atoms. The Labute approximate surface area is 244 Å². The minimum Gasteiger partial charge on any atom is -0.340 e. The second kappa shape index (κ2) is 11.6. The number of carbonyl (C=O) groups excluding carboxylic acids is 1. The number of nitrogens with one attached hydrogen (secondary N) is 4. The molecule has 0 radical (unpaired) electrons. The number of hydrogen-bond donors (Lipinski definition) is 4. The molecule has 11 heteroatoms. The van der Waals surface area contributed by atoms with Gasteiger partial charge in [0.05, 0.1) is 10.4 Å². The Balaban J connectivity index is 1.26. The van der Waals surface area contributed by atoms with E-state index in [0.717, 1.165) is 16.5 Å². The van der Waals surface area contributed by atoms with Gasteiger partial charge >= 0.3 is 0 Å². The molecule has 0 unspecified atom stereocenters. The third-order valence-corrected chi connectivity index (χ3v) is 7.84. The normalized spacial score (nSPS) is 11.7. The second-order valence-corrected chi connectivity index (χ2v) is 12.5. The van der Waals surface area contributed by atoms with Crippen LogP contribution in [-0.4, -0.2) is 34.8 Å². The zero-order chi connectivity index (χ0) is 29.9. The Morgan fingerprint density at radius 3 is 2.33 bits per heavy atom. The fraction of sp³-hybridized carbons (Fsp3) is 0.161. The van der Waals surface area contributed by atoms with E-state index in [-0.39, 0.29) is 10.8 Å². The maximum Gasteiger partial charge on any atom is 0.255 e. The monoisotopic (exact) mass is 581 g/mol. The van der Waals surface area contributed by atoms with E-state index < -0.39 is 15.6 Å². The third kappa shape index (κ3) is 7.06. The van der Waals surface area contributed by atoms with Gasteiger partial charge in [-0.05, 0) is 94.4 Å². The van der Waals surface area contributed by atoms with E-state index in [4.69, 9.17) is 0 Å². The Kier molecular flexibility index (Phi) is 7.88. The summed E-state index contributed by atoms with van der Waals surface area (Å²) in [5, 5.41) is 10.2. The molecule has 0 atom stereocenters. The zero-order valence-electron chi connectivity index (χ0n) is 23.6. The quantitative estimate of drug-likeness (QED) is 0.171. The molecule has 2 heterocycles. The van der Waals surface area contributed by atoms with Crippen LogP contribution in [0.5, 0.6) is 0 Å². The summed E-state index contributed by atoms with van der Waals surface area (Å²) in [6, 6.07) is 22.9. The van der Waals surface area contributed by atoms with Gasteiger partial charge in [0.25, 0.3) is 5.91 Å². The van der Waals surface area contributed by atoms with Crippen LogP contribution in [-0.2, 0) is 10.0 Å². The summed E-state index contributed by atoms with van der Waals surface area (Å²) >= 11 is 0. The lowest BCUT2D eigenvalue weighted by Gasteiger charge is -2.20. The Morgan fingerprint density at radius 2 is 1.57 bits per heavy atom. The largest absolute Gasteiger partial charge is 0.340 e. The molecule has 1 amide bonds. The molecular formula is C31H31N7O3S. The van der Waals surface area contributed by atoms with Crippen LogP contribution in [0.1, 0.15) is 36.7 Å². The van der Waals surface area contributed by atoms with Gasteiger partial charge in [-0.2, -0.15) is 4.98 Å². The lowest BCUT2D eigenvalue weighted by Crippen LogP contribution is -2.40. The number of amides is 1. The molecule has 5 aromatic rings. The highest BCUT2D eigenvalue weighted by Crippen LogP contribution is 2.24. The number of carbonyl (C=O) groups is 1. The Bertz CT molecular complexity index is 1870. The van der Waals surface area contributed by atoms with Gasteiger partial charge in [0.2, 0.25) is 16.0 Å². The summed E-state index contributed by atoms with van der Waals surface area (Å²) in [6.45, 7) is 7.22. The molecule has 10 nitrogen and oxygen atoms in total. The van der Waals surface area contributed by atoms with Crippen LogP contribution in [0.4, 0.5) is 28.8 Å². The van der Waals surface area contributed by atoms with Gasteiger partial charge in [-0.15, -0.1) is 0 Å². The summed E-state index contributed by atoms with van der Waals surface area (Å²) in [5.41, 5.74) is 3.47. The summed E-state index contributed by atoms with van der Waals surface area (Å²) in [7, 11) is -3.69. The molecule has 4 N–H and O–H groups in total. The fourth-order valence-corrected chi connectivity index (χ4v) is 5.62. The molecular weight excluding hydrogens is 550 g/mol. The van der Waals surface area contributed by atoms with Crippen LogP contribution in [0, 0.1) is 6.92 Å². The SMILES string of the molecule is Cc1cnc(Nc2ccc(C(=O)Nc3ccc4ncccc4c3)cc2)nc1Nc1cccc(S(=O)(=O)NC(C)(C)C)c1. The first-order valence-corrected chi connectivity index (χ1v) is 14.7. The van der Waals surface area contributed by atoms with E-state index in [1.165, 1.54) is 0 Å². The molecule has 0 saturated heterocycles. The number of rotatable bonds is 8. The molecule has 0 spiro atoms. The van der Waals surface area contributed by atoms with Crippen molar-refractivity contribution >= 4 is 55.7 Å². The van der Waals surface area contributed by atoms with E-state index in [1.807, 2.05) is 37.3 Å². The number of anilines is 5. The van der Waals surface area contributed by atoms with E-state index in [2.05, 4.69) is 35.6 Å². The molecule has 214 valence electrons. The first kappa shape index (κ1) is 28.7. The van der Waals surface area contributed by atoms with Gasteiger partial charge in [0.15, 0.2) is 0 Å². The number of sulfonamides is 1. The van der Waals surface area contributed by atoms with Crippen molar-refractivity contribution in [3.05, 3.63) is 102 Å². The summed E-state index contributed by atoms with van der Waals surface area (Å²) < 4.78 is 28.2. The number of nitrogens with zero attached hydrogens (tertiary/aromatic N) is 3. The molecule has 0 saturated carbocycles. The summed E-state index contributed by atoms with van der Waals surface area (Å²) in [4.78, 5) is 26.2. The number of aryl methyl sites for hydroxylation is 1.